The highest BCUT2D eigenvalue weighted by Gasteiger charge is 2.33. The summed E-state index contributed by atoms with van der Waals surface area (Å²) >= 11 is 12.3. The Kier molecular flexibility index (Phi) is 5.90. The minimum Gasteiger partial charge on any atom is -0.342 e. The Morgan fingerprint density at radius 1 is 0.882 bits per heavy atom. The number of para-hydroxylation sites is 1. The van der Waals surface area contributed by atoms with Gasteiger partial charge in [0.25, 0.3) is 5.91 Å². The van der Waals surface area contributed by atoms with Crippen molar-refractivity contribution >= 4 is 52.1 Å². The molecule has 0 saturated carbocycles. The van der Waals surface area contributed by atoms with Gasteiger partial charge in [0.2, 0.25) is 0 Å². The second-order valence-electron chi connectivity index (χ2n) is 8.35. The Bertz CT molecular complexity index is 1470. The third-order valence-electron chi connectivity index (χ3n) is 5.84. The Hall–Kier alpha value is -3.54. The van der Waals surface area contributed by atoms with E-state index in [1.807, 2.05) is 73.8 Å². The molecule has 1 aromatic heterocycles. The lowest BCUT2D eigenvalue weighted by Crippen LogP contribution is -2.30. The van der Waals surface area contributed by atoms with Gasteiger partial charge in [-0.15, -0.1) is 0 Å². The summed E-state index contributed by atoms with van der Waals surface area (Å²) in [5, 5.41) is 4.73. The number of aryl methyl sites for hydroxylation is 1. The molecule has 0 bridgehead atoms. The van der Waals surface area contributed by atoms with Crippen molar-refractivity contribution in [1.82, 2.24) is 14.8 Å². The van der Waals surface area contributed by atoms with Crippen LogP contribution in [0.1, 0.15) is 22.3 Å². The molecule has 0 atom stereocenters. The SMILES string of the molecule is Cc1cccc(CN2C(=O)N/C(=C/c3cn(Cc4ccc(Cl)c(Cl)c4)c4ccccc34)C2=O)c1. The van der Waals surface area contributed by atoms with E-state index in [4.69, 9.17) is 23.2 Å². The predicted molar refractivity (Wildman–Crippen MR) is 136 cm³/mol. The van der Waals surface area contributed by atoms with Crippen LogP contribution in [-0.4, -0.2) is 21.4 Å². The topological polar surface area (TPSA) is 54.3 Å². The van der Waals surface area contributed by atoms with Gasteiger partial charge in [-0.2, -0.15) is 0 Å². The number of fused-ring (bicyclic) bond motifs is 1. The van der Waals surface area contributed by atoms with Gasteiger partial charge in [0.15, 0.2) is 0 Å². The molecule has 1 N–H and O–H groups in total. The Balaban J connectivity index is 1.46. The lowest BCUT2D eigenvalue weighted by Gasteiger charge is -2.12. The summed E-state index contributed by atoms with van der Waals surface area (Å²) in [7, 11) is 0. The molecule has 1 fully saturated rings. The molecule has 0 radical (unpaired) electrons. The molecular formula is C27H21Cl2N3O2. The van der Waals surface area contributed by atoms with Crippen molar-refractivity contribution in [3.8, 4) is 0 Å². The molecule has 5 nitrogen and oxygen atoms in total. The second-order valence-corrected chi connectivity index (χ2v) is 9.16. The molecule has 2 heterocycles. The monoisotopic (exact) mass is 489 g/mol. The number of amides is 3. The summed E-state index contributed by atoms with van der Waals surface area (Å²) in [4.78, 5) is 26.9. The van der Waals surface area contributed by atoms with Crippen LogP contribution in [0, 0.1) is 6.92 Å². The maximum atomic E-state index is 13.1. The normalized spacial score (nSPS) is 14.9. The van der Waals surface area contributed by atoms with Crippen LogP contribution in [0.3, 0.4) is 0 Å². The van der Waals surface area contributed by atoms with Gasteiger partial charge < -0.3 is 9.88 Å². The fraction of sp³-hybridized carbons (Fsp3) is 0.111. The van der Waals surface area contributed by atoms with E-state index in [0.29, 0.717) is 16.6 Å². The van der Waals surface area contributed by atoms with E-state index < -0.39 is 6.03 Å². The highest BCUT2D eigenvalue weighted by molar-refractivity contribution is 6.42. The van der Waals surface area contributed by atoms with Crippen LogP contribution in [0.15, 0.2) is 78.6 Å². The first-order chi connectivity index (χ1) is 16.4. The number of nitrogens with one attached hydrogen (secondary N) is 1. The van der Waals surface area contributed by atoms with E-state index >= 15 is 0 Å². The number of nitrogens with zero attached hydrogens (tertiary/aromatic N) is 2. The quantitative estimate of drug-likeness (QED) is 0.260. The molecule has 34 heavy (non-hydrogen) atoms. The van der Waals surface area contributed by atoms with Crippen LogP contribution in [0.4, 0.5) is 4.79 Å². The van der Waals surface area contributed by atoms with Crippen molar-refractivity contribution in [2.45, 2.75) is 20.0 Å². The van der Waals surface area contributed by atoms with Gasteiger partial charge in [-0.3, -0.25) is 9.69 Å². The molecule has 170 valence electrons. The highest BCUT2D eigenvalue weighted by atomic mass is 35.5. The number of hydrogen-bond acceptors (Lipinski definition) is 2. The van der Waals surface area contributed by atoms with Gasteiger partial charge in [0.1, 0.15) is 5.70 Å². The summed E-state index contributed by atoms with van der Waals surface area (Å²) in [5.41, 5.74) is 5.10. The molecule has 3 aromatic carbocycles. The van der Waals surface area contributed by atoms with Crippen molar-refractivity contribution in [3.63, 3.8) is 0 Å². The van der Waals surface area contributed by atoms with Gasteiger partial charge >= 0.3 is 6.03 Å². The molecule has 1 saturated heterocycles. The standard InChI is InChI=1S/C27H21Cl2N3O2/c1-17-5-4-6-18(11-17)15-32-26(33)24(30-27(32)34)13-20-16-31(25-8-3-2-7-21(20)25)14-19-9-10-22(28)23(29)12-19/h2-13,16H,14-15H2,1H3,(H,30,34)/b24-13+. The summed E-state index contributed by atoms with van der Waals surface area (Å²) in [6.45, 7) is 2.79. The minimum atomic E-state index is -0.419. The average molecular weight is 490 g/mol. The summed E-state index contributed by atoms with van der Waals surface area (Å²) in [6, 6.07) is 20.9. The zero-order valence-corrected chi connectivity index (χ0v) is 19.9. The van der Waals surface area contributed by atoms with Crippen LogP contribution < -0.4 is 5.32 Å². The van der Waals surface area contributed by atoms with Gasteiger partial charge in [0, 0.05) is 29.2 Å². The Morgan fingerprint density at radius 2 is 1.68 bits per heavy atom. The smallest absolute Gasteiger partial charge is 0.329 e. The molecule has 0 spiro atoms. The number of carbonyl (C=O) groups excluding carboxylic acids is 2. The van der Waals surface area contributed by atoms with Crippen LogP contribution >= 0.6 is 23.2 Å². The fourth-order valence-corrected chi connectivity index (χ4v) is 4.54. The third kappa shape index (κ3) is 4.32. The maximum absolute atomic E-state index is 13.1. The fourth-order valence-electron chi connectivity index (χ4n) is 4.22. The van der Waals surface area contributed by atoms with Gasteiger partial charge in [0.05, 0.1) is 16.6 Å². The van der Waals surface area contributed by atoms with Crippen LogP contribution in [-0.2, 0) is 17.9 Å². The van der Waals surface area contributed by atoms with Gasteiger partial charge in [-0.25, -0.2) is 4.79 Å². The lowest BCUT2D eigenvalue weighted by atomic mass is 10.1. The summed E-state index contributed by atoms with van der Waals surface area (Å²) in [6.07, 6.45) is 3.72. The molecule has 7 heteroatoms. The second kappa shape index (κ2) is 9.01. The van der Waals surface area contributed by atoms with E-state index in [1.54, 1.807) is 12.1 Å². The van der Waals surface area contributed by atoms with Crippen molar-refractivity contribution in [1.29, 1.82) is 0 Å². The van der Waals surface area contributed by atoms with Crippen LogP contribution in [0.25, 0.3) is 17.0 Å². The lowest BCUT2D eigenvalue weighted by molar-refractivity contribution is -0.123. The van der Waals surface area contributed by atoms with Crippen molar-refractivity contribution in [2.75, 3.05) is 0 Å². The Morgan fingerprint density at radius 3 is 2.47 bits per heavy atom. The number of halogens is 2. The largest absolute Gasteiger partial charge is 0.342 e. The molecule has 1 aliphatic rings. The number of urea groups is 1. The molecule has 1 aliphatic heterocycles. The molecule has 4 aromatic rings. The van der Waals surface area contributed by atoms with E-state index in [0.717, 1.165) is 33.2 Å². The predicted octanol–water partition coefficient (Wildman–Crippen LogP) is 6.40. The van der Waals surface area contributed by atoms with E-state index in [2.05, 4.69) is 9.88 Å². The first-order valence-electron chi connectivity index (χ1n) is 10.8. The molecule has 5 rings (SSSR count). The maximum Gasteiger partial charge on any atom is 0.329 e. The minimum absolute atomic E-state index is 0.225. The number of aromatic nitrogens is 1. The molecule has 3 amide bonds. The first kappa shape index (κ1) is 22.3. The van der Waals surface area contributed by atoms with E-state index in [9.17, 15) is 9.59 Å². The number of imide groups is 1. The Labute approximate surface area is 207 Å². The number of rotatable bonds is 5. The highest BCUT2D eigenvalue weighted by Crippen LogP contribution is 2.28. The van der Waals surface area contributed by atoms with Crippen molar-refractivity contribution in [2.24, 2.45) is 0 Å². The number of benzene rings is 3. The van der Waals surface area contributed by atoms with Gasteiger partial charge in [-0.05, 0) is 42.3 Å². The molecule has 0 aliphatic carbocycles. The summed E-state index contributed by atoms with van der Waals surface area (Å²) < 4.78 is 2.09. The summed E-state index contributed by atoms with van der Waals surface area (Å²) in [5.74, 6) is -0.340. The van der Waals surface area contributed by atoms with Crippen LogP contribution in [0.5, 0.6) is 0 Å². The van der Waals surface area contributed by atoms with Crippen LogP contribution in [0.2, 0.25) is 10.0 Å². The third-order valence-corrected chi connectivity index (χ3v) is 6.58. The van der Waals surface area contributed by atoms with E-state index in [-0.39, 0.29) is 18.1 Å². The average Bonchev–Trinajstić information content (AvgIpc) is 3.28. The van der Waals surface area contributed by atoms with E-state index in [1.165, 1.54) is 4.90 Å². The zero-order valence-electron chi connectivity index (χ0n) is 18.4. The molecular weight excluding hydrogens is 469 g/mol. The van der Waals surface area contributed by atoms with Crippen molar-refractivity contribution in [3.05, 3.63) is 111 Å². The van der Waals surface area contributed by atoms with Crippen molar-refractivity contribution < 1.29 is 9.59 Å². The first-order valence-corrected chi connectivity index (χ1v) is 11.6. The molecule has 0 unspecified atom stereocenters. The number of carbonyl (C=O) groups is 2. The van der Waals surface area contributed by atoms with Gasteiger partial charge in [-0.1, -0.05) is 77.3 Å². The number of hydrogen-bond donors (Lipinski definition) is 1. The zero-order chi connectivity index (χ0) is 23.8.